The van der Waals surface area contributed by atoms with Gasteiger partial charge in [0.25, 0.3) is 5.69 Å². The molecule has 0 spiro atoms. The van der Waals surface area contributed by atoms with Gasteiger partial charge in [0.15, 0.2) is 11.6 Å². The molecule has 0 saturated heterocycles. The van der Waals surface area contributed by atoms with Gasteiger partial charge in [-0.05, 0) is 12.1 Å². The fourth-order valence-electron chi connectivity index (χ4n) is 3.07. The molecule has 0 aliphatic carbocycles. The zero-order valence-electron chi connectivity index (χ0n) is 13.2. The van der Waals surface area contributed by atoms with E-state index in [4.69, 9.17) is 0 Å². The van der Waals surface area contributed by atoms with Crippen LogP contribution in [0.4, 0.5) is 11.4 Å². The number of fused-ring (bicyclic) bond motifs is 1. The molecule has 7 nitrogen and oxygen atoms in total. The maximum absolute atomic E-state index is 11.3. The highest BCUT2D eigenvalue weighted by atomic mass is 79.9. The first-order chi connectivity index (χ1) is 12.1. The van der Waals surface area contributed by atoms with Crippen LogP contribution in [0.5, 0.6) is 0 Å². The molecule has 0 radical (unpaired) electrons. The maximum atomic E-state index is 11.3. The monoisotopic (exact) mass is 399 g/mol. The summed E-state index contributed by atoms with van der Waals surface area (Å²) in [5.74, 6) is 1.64. The molecule has 126 valence electrons. The molecule has 2 aromatic carbocycles. The number of nitro benzene ring substituents is 1. The number of aromatic nitrogens is 3. The second-order valence-electron chi connectivity index (χ2n) is 5.77. The van der Waals surface area contributed by atoms with Crippen molar-refractivity contribution in [2.24, 2.45) is 0 Å². The molecule has 2 heterocycles. The molecule has 0 amide bonds. The van der Waals surface area contributed by atoms with Crippen LogP contribution in [0.25, 0.3) is 11.4 Å². The molecule has 0 bridgehead atoms. The minimum absolute atomic E-state index is 0.0967. The second kappa shape index (κ2) is 6.29. The fraction of sp³-hybridized carbons (Fsp3) is 0.176. The summed E-state index contributed by atoms with van der Waals surface area (Å²) in [6.07, 6.45) is 0. The quantitative estimate of drug-likeness (QED) is 0.496. The van der Waals surface area contributed by atoms with E-state index in [0.717, 1.165) is 21.7 Å². The SMILES string of the molecule is O=[N+]([O-])c1ccc(Br)cc1N1CCn2c(nnc2-c2ccccc2)C1. The Hall–Kier alpha value is -2.74. The topological polar surface area (TPSA) is 77.1 Å². The van der Waals surface area contributed by atoms with Gasteiger partial charge in [0.1, 0.15) is 5.69 Å². The van der Waals surface area contributed by atoms with E-state index in [-0.39, 0.29) is 10.6 Å². The lowest BCUT2D eigenvalue weighted by Crippen LogP contribution is -2.34. The lowest BCUT2D eigenvalue weighted by atomic mass is 10.2. The summed E-state index contributed by atoms with van der Waals surface area (Å²) in [5, 5.41) is 20.0. The smallest absolute Gasteiger partial charge is 0.292 e. The summed E-state index contributed by atoms with van der Waals surface area (Å²) in [5.41, 5.74) is 1.71. The normalized spacial score (nSPS) is 13.6. The Balaban J connectivity index is 1.68. The summed E-state index contributed by atoms with van der Waals surface area (Å²) in [6, 6.07) is 14.9. The molecule has 0 unspecified atom stereocenters. The molecule has 0 saturated carbocycles. The molecular formula is C17H14BrN5O2. The van der Waals surface area contributed by atoms with Gasteiger partial charge in [-0.25, -0.2) is 0 Å². The van der Waals surface area contributed by atoms with Gasteiger partial charge in [0.05, 0.1) is 11.5 Å². The summed E-state index contributed by atoms with van der Waals surface area (Å²) >= 11 is 3.40. The molecule has 3 aromatic rings. The molecule has 1 aromatic heterocycles. The number of hydrogen-bond donors (Lipinski definition) is 0. The Labute approximate surface area is 152 Å². The van der Waals surface area contributed by atoms with Crippen molar-refractivity contribution in [3.63, 3.8) is 0 Å². The average molecular weight is 400 g/mol. The summed E-state index contributed by atoms with van der Waals surface area (Å²) in [4.78, 5) is 13.0. The Morgan fingerprint density at radius 2 is 1.88 bits per heavy atom. The van der Waals surface area contributed by atoms with E-state index in [0.29, 0.717) is 25.3 Å². The van der Waals surface area contributed by atoms with Crippen molar-refractivity contribution in [2.45, 2.75) is 13.1 Å². The Bertz CT molecular complexity index is 941. The largest absolute Gasteiger partial charge is 0.357 e. The number of hydrogen-bond acceptors (Lipinski definition) is 5. The van der Waals surface area contributed by atoms with Crippen molar-refractivity contribution in [3.05, 3.63) is 68.9 Å². The van der Waals surface area contributed by atoms with E-state index in [1.54, 1.807) is 12.1 Å². The predicted molar refractivity (Wildman–Crippen MR) is 97.3 cm³/mol. The third kappa shape index (κ3) is 2.89. The second-order valence-corrected chi connectivity index (χ2v) is 6.68. The summed E-state index contributed by atoms with van der Waals surface area (Å²) in [7, 11) is 0. The highest BCUT2D eigenvalue weighted by Gasteiger charge is 2.26. The van der Waals surface area contributed by atoms with Crippen molar-refractivity contribution in [1.29, 1.82) is 0 Å². The Morgan fingerprint density at radius 3 is 2.64 bits per heavy atom. The van der Waals surface area contributed by atoms with Crippen LogP contribution >= 0.6 is 15.9 Å². The van der Waals surface area contributed by atoms with Crippen LogP contribution in [0.2, 0.25) is 0 Å². The molecular weight excluding hydrogens is 386 g/mol. The van der Waals surface area contributed by atoms with Crippen molar-refractivity contribution >= 4 is 27.3 Å². The average Bonchev–Trinajstić information content (AvgIpc) is 3.05. The van der Waals surface area contributed by atoms with Gasteiger partial charge in [0, 0.05) is 29.2 Å². The maximum Gasteiger partial charge on any atom is 0.292 e. The first-order valence-corrected chi connectivity index (χ1v) is 8.59. The van der Waals surface area contributed by atoms with Gasteiger partial charge in [-0.15, -0.1) is 10.2 Å². The van der Waals surface area contributed by atoms with Crippen molar-refractivity contribution in [1.82, 2.24) is 14.8 Å². The zero-order valence-corrected chi connectivity index (χ0v) is 14.8. The molecule has 0 fully saturated rings. The van der Waals surface area contributed by atoms with Gasteiger partial charge in [-0.3, -0.25) is 10.1 Å². The van der Waals surface area contributed by atoms with Crippen LogP contribution in [0.3, 0.4) is 0 Å². The van der Waals surface area contributed by atoms with E-state index >= 15 is 0 Å². The fourth-order valence-corrected chi connectivity index (χ4v) is 3.42. The molecule has 25 heavy (non-hydrogen) atoms. The highest BCUT2D eigenvalue weighted by molar-refractivity contribution is 9.10. The number of anilines is 1. The predicted octanol–water partition coefficient (Wildman–Crippen LogP) is 3.64. The molecule has 1 aliphatic rings. The van der Waals surface area contributed by atoms with Gasteiger partial charge >= 0.3 is 0 Å². The third-order valence-corrected chi connectivity index (χ3v) is 4.75. The number of nitrogens with zero attached hydrogens (tertiary/aromatic N) is 5. The van der Waals surface area contributed by atoms with Crippen LogP contribution in [0.1, 0.15) is 5.82 Å². The number of nitro groups is 1. The van der Waals surface area contributed by atoms with E-state index in [1.807, 2.05) is 35.2 Å². The van der Waals surface area contributed by atoms with E-state index in [1.165, 1.54) is 6.07 Å². The molecule has 1 aliphatic heterocycles. The minimum atomic E-state index is -0.351. The Kier molecular flexibility index (Phi) is 3.96. The van der Waals surface area contributed by atoms with E-state index in [9.17, 15) is 10.1 Å². The molecule has 8 heteroatoms. The van der Waals surface area contributed by atoms with Gasteiger partial charge in [0.2, 0.25) is 0 Å². The highest BCUT2D eigenvalue weighted by Crippen LogP contribution is 2.33. The zero-order chi connectivity index (χ0) is 17.4. The van der Waals surface area contributed by atoms with Crippen molar-refractivity contribution < 1.29 is 4.92 Å². The Morgan fingerprint density at radius 1 is 1.08 bits per heavy atom. The first kappa shape index (κ1) is 15.8. The standard InChI is InChI=1S/C17H14BrN5O2/c18-13-6-7-14(23(24)25)15(10-13)21-8-9-22-16(11-21)19-20-17(22)12-4-2-1-3-5-12/h1-7,10H,8-9,11H2. The summed E-state index contributed by atoms with van der Waals surface area (Å²) < 4.78 is 2.89. The van der Waals surface area contributed by atoms with Crippen LogP contribution in [0.15, 0.2) is 53.0 Å². The summed E-state index contributed by atoms with van der Waals surface area (Å²) in [6.45, 7) is 1.82. The number of halogens is 1. The third-order valence-electron chi connectivity index (χ3n) is 4.26. The van der Waals surface area contributed by atoms with E-state index in [2.05, 4.69) is 30.7 Å². The lowest BCUT2D eigenvalue weighted by molar-refractivity contribution is -0.384. The van der Waals surface area contributed by atoms with E-state index < -0.39 is 0 Å². The van der Waals surface area contributed by atoms with Crippen LogP contribution in [0, 0.1) is 10.1 Å². The molecule has 4 rings (SSSR count). The minimum Gasteiger partial charge on any atom is -0.357 e. The van der Waals surface area contributed by atoms with Gasteiger partial charge in [-0.1, -0.05) is 46.3 Å². The van der Waals surface area contributed by atoms with Crippen LogP contribution < -0.4 is 4.90 Å². The van der Waals surface area contributed by atoms with Crippen molar-refractivity contribution in [3.8, 4) is 11.4 Å². The van der Waals surface area contributed by atoms with Gasteiger partial charge < -0.3 is 9.47 Å². The molecule has 0 atom stereocenters. The first-order valence-electron chi connectivity index (χ1n) is 7.80. The van der Waals surface area contributed by atoms with Crippen molar-refractivity contribution in [2.75, 3.05) is 11.4 Å². The number of rotatable bonds is 3. The molecule has 0 N–H and O–H groups in total. The van der Waals surface area contributed by atoms with Gasteiger partial charge in [-0.2, -0.15) is 0 Å². The van der Waals surface area contributed by atoms with Crippen LogP contribution in [-0.2, 0) is 13.1 Å². The number of benzene rings is 2. The van der Waals surface area contributed by atoms with Crippen LogP contribution in [-0.4, -0.2) is 26.2 Å². The lowest BCUT2D eigenvalue weighted by Gasteiger charge is -2.29.